The van der Waals surface area contributed by atoms with Crippen molar-refractivity contribution in [1.82, 2.24) is 10.0 Å². The van der Waals surface area contributed by atoms with E-state index >= 15 is 0 Å². The molecule has 3 rings (SSSR count). The highest BCUT2D eigenvalue weighted by atomic mass is 32.2. The molecule has 7 heteroatoms. The molecule has 1 aliphatic heterocycles. The normalized spacial score (nSPS) is 26.3. The van der Waals surface area contributed by atoms with Crippen molar-refractivity contribution in [3.63, 3.8) is 0 Å². The topological polar surface area (TPSA) is 80.6 Å². The summed E-state index contributed by atoms with van der Waals surface area (Å²) in [5.41, 5.74) is -0.407. The Morgan fingerprint density at radius 2 is 2.19 bits per heavy atom. The second-order valence-electron chi connectivity index (χ2n) is 6.10. The minimum atomic E-state index is -3.61. The van der Waals surface area contributed by atoms with Crippen molar-refractivity contribution in [2.75, 3.05) is 13.2 Å². The zero-order valence-electron chi connectivity index (χ0n) is 12.2. The zero-order chi connectivity index (χ0) is 14.9. The molecule has 6 nitrogen and oxygen atoms in total. The van der Waals surface area contributed by atoms with Gasteiger partial charge in [-0.15, -0.1) is 0 Å². The second-order valence-corrected chi connectivity index (χ2v) is 7.80. The molecule has 118 valence electrons. The maximum Gasteiger partial charge on any atom is 0.274 e. The fourth-order valence-electron chi connectivity index (χ4n) is 2.43. The molecule has 1 aromatic rings. The molecule has 2 fully saturated rings. The zero-order valence-corrected chi connectivity index (χ0v) is 13.0. The summed E-state index contributed by atoms with van der Waals surface area (Å²) in [6, 6.07) is 3.77. The molecule has 1 saturated carbocycles. The molecular formula is C14H22N2O4S. The maximum absolute atomic E-state index is 12.2. The molecule has 2 heterocycles. The molecule has 0 radical (unpaired) electrons. The lowest BCUT2D eigenvalue weighted by Gasteiger charge is -2.22. The standard InChI is InChI=1S/C14H22N2O4S/c1-14(7-2-8-19-14)10-16-21(17,18)13-6-5-12(20-13)9-15-11-3-4-11/h5-6,11,15-16H,2-4,7-10H2,1H3. The van der Waals surface area contributed by atoms with Gasteiger partial charge in [-0.2, -0.15) is 0 Å². The molecule has 2 N–H and O–H groups in total. The van der Waals surface area contributed by atoms with Crippen LogP contribution in [0.1, 0.15) is 38.4 Å². The smallest absolute Gasteiger partial charge is 0.274 e. The lowest BCUT2D eigenvalue weighted by Crippen LogP contribution is -2.39. The third kappa shape index (κ3) is 3.85. The van der Waals surface area contributed by atoms with E-state index in [-0.39, 0.29) is 11.6 Å². The second kappa shape index (κ2) is 5.72. The third-order valence-corrected chi connectivity index (χ3v) is 5.25. The number of rotatable bonds is 7. The van der Waals surface area contributed by atoms with Crippen molar-refractivity contribution in [1.29, 1.82) is 0 Å². The Balaban J connectivity index is 1.58. The van der Waals surface area contributed by atoms with E-state index in [4.69, 9.17) is 9.15 Å². The van der Waals surface area contributed by atoms with Crippen molar-refractivity contribution in [2.45, 2.75) is 55.9 Å². The molecule has 0 bridgehead atoms. The molecule has 1 unspecified atom stereocenters. The summed E-state index contributed by atoms with van der Waals surface area (Å²) in [6.45, 7) is 3.46. The maximum atomic E-state index is 12.2. The lowest BCUT2D eigenvalue weighted by molar-refractivity contribution is 0.0250. The Morgan fingerprint density at radius 3 is 2.86 bits per heavy atom. The van der Waals surface area contributed by atoms with Crippen LogP contribution in [0.2, 0.25) is 0 Å². The van der Waals surface area contributed by atoms with Crippen LogP contribution in [-0.2, 0) is 21.3 Å². The molecule has 1 aromatic heterocycles. The van der Waals surface area contributed by atoms with Crippen molar-refractivity contribution in [3.8, 4) is 0 Å². The molecule has 21 heavy (non-hydrogen) atoms. The molecule has 2 aliphatic rings. The van der Waals surface area contributed by atoms with Crippen molar-refractivity contribution >= 4 is 10.0 Å². The molecule has 0 aromatic carbocycles. The fourth-order valence-corrected chi connectivity index (χ4v) is 3.53. The average molecular weight is 314 g/mol. The fraction of sp³-hybridized carbons (Fsp3) is 0.714. The van der Waals surface area contributed by atoms with E-state index in [0.717, 1.165) is 12.8 Å². The Labute approximate surface area is 125 Å². The first-order valence-electron chi connectivity index (χ1n) is 7.43. The molecule has 1 aliphatic carbocycles. The summed E-state index contributed by atoms with van der Waals surface area (Å²) in [7, 11) is -3.61. The van der Waals surface area contributed by atoms with Gasteiger partial charge in [-0.1, -0.05) is 0 Å². The van der Waals surface area contributed by atoms with Crippen LogP contribution in [0.25, 0.3) is 0 Å². The van der Waals surface area contributed by atoms with Gasteiger partial charge in [0.15, 0.2) is 0 Å². The SMILES string of the molecule is CC1(CNS(=O)(=O)c2ccc(CNC3CC3)o2)CCCO1. The Hall–Kier alpha value is -0.890. The minimum absolute atomic E-state index is 0.0308. The average Bonchev–Trinajstić information content (AvgIpc) is 2.97. The molecular weight excluding hydrogens is 292 g/mol. The van der Waals surface area contributed by atoms with Crippen LogP contribution in [0.15, 0.2) is 21.6 Å². The van der Waals surface area contributed by atoms with Gasteiger partial charge < -0.3 is 14.5 Å². The van der Waals surface area contributed by atoms with E-state index in [1.54, 1.807) is 6.07 Å². The van der Waals surface area contributed by atoms with Crippen LogP contribution < -0.4 is 10.0 Å². The van der Waals surface area contributed by atoms with Crippen molar-refractivity contribution in [2.24, 2.45) is 0 Å². The first kappa shape index (κ1) is 15.0. The number of sulfonamides is 1. The van der Waals surface area contributed by atoms with E-state index in [9.17, 15) is 8.42 Å². The summed E-state index contributed by atoms with van der Waals surface area (Å²) in [6.07, 6.45) is 4.21. The molecule has 0 amide bonds. The van der Waals surface area contributed by atoms with Gasteiger partial charge in [0.05, 0.1) is 12.1 Å². The lowest BCUT2D eigenvalue weighted by atomic mass is 10.0. The summed E-state index contributed by atoms with van der Waals surface area (Å²) in [5.74, 6) is 0.644. The number of hydrogen-bond acceptors (Lipinski definition) is 5. The van der Waals surface area contributed by atoms with Gasteiger partial charge in [-0.05, 0) is 44.7 Å². The van der Waals surface area contributed by atoms with Crippen LogP contribution >= 0.6 is 0 Å². The van der Waals surface area contributed by atoms with Crippen LogP contribution in [0.4, 0.5) is 0 Å². The predicted molar refractivity (Wildman–Crippen MR) is 77.3 cm³/mol. The van der Waals surface area contributed by atoms with Gasteiger partial charge >= 0.3 is 0 Å². The third-order valence-electron chi connectivity index (χ3n) is 3.98. The van der Waals surface area contributed by atoms with E-state index in [0.29, 0.717) is 25.0 Å². The minimum Gasteiger partial charge on any atom is -0.447 e. The first-order chi connectivity index (χ1) is 9.97. The van der Waals surface area contributed by atoms with Gasteiger partial charge in [0.2, 0.25) is 5.09 Å². The Bertz CT molecular complexity index is 586. The van der Waals surface area contributed by atoms with Gasteiger partial charge in [0.25, 0.3) is 10.0 Å². The van der Waals surface area contributed by atoms with Gasteiger partial charge in [0.1, 0.15) is 5.76 Å². The van der Waals surface area contributed by atoms with Crippen LogP contribution in [0.3, 0.4) is 0 Å². The number of furan rings is 1. The van der Waals surface area contributed by atoms with Crippen molar-refractivity contribution < 1.29 is 17.6 Å². The summed E-state index contributed by atoms with van der Waals surface area (Å²) in [5, 5.41) is 3.26. The van der Waals surface area contributed by atoms with Gasteiger partial charge in [-0.3, -0.25) is 0 Å². The Kier molecular flexibility index (Phi) is 4.09. The van der Waals surface area contributed by atoms with Crippen LogP contribution in [0.5, 0.6) is 0 Å². The summed E-state index contributed by atoms with van der Waals surface area (Å²) in [4.78, 5) is 0. The van der Waals surface area contributed by atoms with Crippen molar-refractivity contribution in [3.05, 3.63) is 17.9 Å². The summed E-state index contributed by atoms with van der Waals surface area (Å²) >= 11 is 0. The molecule has 1 saturated heterocycles. The predicted octanol–water partition coefficient (Wildman–Crippen LogP) is 1.38. The summed E-state index contributed by atoms with van der Waals surface area (Å²) < 4.78 is 38.0. The largest absolute Gasteiger partial charge is 0.447 e. The number of ether oxygens (including phenoxy) is 1. The van der Waals surface area contributed by atoms with Gasteiger partial charge in [-0.25, -0.2) is 13.1 Å². The highest BCUT2D eigenvalue weighted by Gasteiger charge is 2.32. The number of nitrogens with one attached hydrogen (secondary N) is 2. The van der Waals surface area contributed by atoms with Crippen LogP contribution in [-0.4, -0.2) is 33.2 Å². The quantitative estimate of drug-likeness (QED) is 0.795. The molecule has 0 spiro atoms. The highest BCUT2D eigenvalue weighted by molar-refractivity contribution is 7.89. The number of hydrogen-bond donors (Lipinski definition) is 2. The first-order valence-corrected chi connectivity index (χ1v) is 8.91. The van der Waals surface area contributed by atoms with Crippen LogP contribution in [0, 0.1) is 0 Å². The molecule has 1 atom stereocenters. The Morgan fingerprint density at radius 1 is 1.38 bits per heavy atom. The van der Waals surface area contributed by atoms with E-state index in [2.05, 4.69) is 10.0 Å². The van der Waals surface area contributed by atoms with E-state index in [1.807, 2.05) is 6.92 Å². The van der Waals surface area contributed by atoms with E-state index in [1.165, 1.54) is 18.9 Å². The van der Waals surface area contributed by atoms with Gasteiger partial charge in [0, 0.05) is 19.2 Å². The van der Waals surface area contributed by atoms with E-state index < -0.39 is 15.6 Å². The highest BCUT2D eigenvalue weighted by Crippen LogP contribution is 2.25. The monoisotopic (exact) mass is 314 g/mol.